The van der Waals surface area contributed by atoms with Gasteiger partial charge in [-0.25, -0.2) is 13.2 Å². The molecule has 0 radical (unpaired) electrons. The monoisotopic (exact) mass is 310 g/mol. The highest BCUT2D eigenvalue weighted by atomic mass is 32.2. The summed E-state index contributed by atoms with van der Waals surface area (Å²) in [6.45, 7) is 0. The largest absolute Gasteiger partial charge is 0.465 e. The first kappa shape index (κ1) is 14.9. The summed E-state index contributed by atoms with van der Waals surface area (Å²) in [4.78, 5) is 11.5. The van der Waals surface area contributed by atoms with E-state index in [4.69, 9.17) is 5.73 Å². The van der Waals surface area contributed by atoms with Gasteiger partial charge in [0.25, 0.3) is 10.0 Å². The van der Waals surface area contributed by atoms with Crippen LogP contribution in [0, 0.1) is 0 Å². The molecule has 1 aromatic heterocycles. The second-order valence-electron chi connectivity index (χ2n) is 4.19. The summed E-state index contributed by atoms with van der Waals surface area (Å²) in [7, 11) is -1.19. The molecular weight excluding hydrogens is 296 g/mol. The molecule has 0 aliphatic heterocycles. The van der Waals surface area contributed by atoms with Crippen LogP contribution < -0.4 is 10.5 Å². The highest BCUT2D eigenvalue weighted by molar-refractivity contribution is 7.92. The van der Waals surface area contributed by atoms with E-state index in [-0.39, 0.29) is 22.0 Å². The summed E-state index contributed by atoms with van der Waals surface area (Å²) in [6, 6.07) is 6.10. The van der Waals surface area contributed by atoms with Gasteiger partial charge in [-0.05, 0) is 12.1 Å². The molecule has 9 heteroatoms. The lowest BCUT2D eigenvalue weighted by atomic mass is 10.2. The second-order valence-corrected chi connectivity index (χ2v) is 5.85. The number of benzene rings is 1. The number of aromatic nitrogens is 2. The van der Waals surface area contributed by atoms with Gasteiger partial charge in [0.2, 0.25) is 0 Å². The number of carbonyl (C=O) groups is 1. The van der Waals surface area contributed by atoms with Crippen LogP contribution in [0.25, 0.3) is 0 Å². The summed E-state index contributed by atoms with van der Waals surface area (Å²) in [5.74, 6) is -0.770. The van der Waals surface area contributed by atoms with E-state index in [0.29, 0.717) is 0 Å². The van der Waals surface area contributed by atoms with Crippen molar-refractivity contribution in [3.8, 4) is 0 Å². The van der Waals surface area contributed by atoms with Crippen molar-refractivity contribution in [1.29, 1.82) is 0 Å². The number of aryl methyl sites for hydroxylation is 1. The number of hydrogen-bond acceptors (Lipinski definition) is 6. The third kappa shape index (κ3) is 2.97. The van der Waals surface area contributed by atoms with E-state index < -0.39 is 16.0 Å². The van der Waals surface area contributed by atoms with Crippen LogP contribution in [-0.2, 0) is 21.8 Å². The van der Waals surface area contributed by atoms with Gasteiger partial charge in [-0.15, -0.1) is 0 Å². The minimum absolute atomic E-state index is 0.103. The van der Waals surface area contributed by atoms with Gasteiger partial charge in [0.1, 0.15) is 4.90 Å². The molecule has 1 aromatic carbocycles. The van der Waals surface area contributed by atoms with Crippen molar-refractivity contribution < 1.29 is 17.9 Å². The summed E-state index contributed by atoms with van der Waals surface area (Å²) < 4.78 is 32.8. The molecule has 0 unspecified atom stereocenters. The number of esters is 1. The van der Waals surface area contributed by atoms with E-state index >= 15 is 0 Å². The summed E-state index contributed by atoms with van der Waals surface area (Å²) in [6.07, 6.45) is 1.28. The first-order valence-electron chi connectivity index (χ1n) is 5.84. The van der Waals surface area contributed by atoms with Crippen LogP contribution in [0.3, 0.4) is 0 Å². The highest BCUT2D eigenvalue weighted by Gasteiger charge is 2.23. The fourth-order valence-corrected chi connectivity index (χ4v) is 2.94. The van der Waals surface area contributed by atoms with Crippen molar-refractivity contribution in [3.05, 3.63) is 36.0 Å². The van der Waals surface area contributed by atoms with Crippen LogP contribution in [0.15, 0.2) is 35.4 Å². The van der Waals surface area contributed by atoms with E-state index in [1.165, 1.54) is 30.1 Å². The normalized spacial score (nSPS) is 11.1. The van der Waals surface area contributed by atoms with Gasteiger partial charge in [0.05, 0.1) is 18.4 Å². The summed E-state index contributed by atoms with van der Waals surface area (Å²) >= 11 is 0. The smallest absolute Gasteiger partial charge is 0.339 e. The molecule has 21 heavy (non-hydrogen) atoms. The zero-order valence-electron chi connectivity index (χ0n) is 11.4. The van der Waals surface area contributed by atoms with Gasteiger partial charge in [-0.1, -0.05) is 12.1 Å². The van der Waals surface area contributed by atoms with Crippen molar-refractivity contribution >= 4 is 27.5 Å². The van der Waals surface area contributed by atoms with Gasteiger partial charge in [0.15, 0.2) is 5.82 Å². The SMILES string of the molecule is COC(=O)c1ccccc1NS(=O)(=O)c1cn(C)nc1N. The minimum Gasteiger partial charge on any atom is -0.465 e. The average Bonchev–Trinajstić information content (AvgIpc) is 2.78. The molecule has 8 nitrogen and oxygen atoms in total. The molecule has 0 bridgehead atoms. The van der Waals surface area contributed by atoms with Gasteiger partial charge >= 0.3 is 5.97 Å². The number of nitrogens with two attached hydrogens (primary N) is 1. The van der Waals surface area contributed by atoms with E-state index in [1.54, 1.807) is 19.2 Å². The number of nitrogen functional groups attached to an aromatic ring is 1. The third-order valence-corrected chi connectivity index (χ3v) is 4.07. The zero-order valence-corrected chi connectivity index (χ0v) is 12.2. The Kier molecular flexibility index (Phi) is 3.85. The van der Waals surface area contributed by atoms with Gasteiger partial charge < -0.3 is 10.5 Å². The first-order chi connectivity index (χ1) is 9.85. The first-order valence-corrected chi connectivity index (χ1v) is 7.32. The molecule has 0 saturated carbocycles. The minimum atomic E-state index is -3.95. The quantitative estimate of drug-likeness (QED) is 0.798. The maximum absolute atomic E-state index is 12.3. The van der Waals surface area contributed by atoms with Crippen LogP contribution in [0.5, 0.6) is 0 Å². The van der Waals surface area contributed by atoms with Crippen LogP contribution in [-0.4, -0.2) is 31.3 Å². The molecule has 0 fully saturated rings. The van der Waals surface area contributed by atoms with Crippen LogP contribution >= 0.6 is 0 Å². The Bertz CT molecular complexity index is 782. The molecule has 112 valence electrons. The maximum atomic E-state index is 12.3. The van der Waals surface area contributed by atoms with E-state index in [0.717, 1.165) is 0 Å². The van der Waals surface area contributed by atoms with Gasteiger partial charge in [-0.2, -0.15) is 5.10 Å². The topological polar surface area (TPSA) is 116 Å². The van der Waals surface area contributed by atoms with Crippen molar-refractivity contribution in [1.82, 2.24) is 9.78 Å². The number of ether oxygens (including phenoxy) is 1. The van der Waals surface area contributed by atoms with Crippen LogP contribution in [0.4, 0.5) is 11.5 Å². The Morgan fingerprint density at radius 1 is 1.38 bits per heavy atom. The Labute approximate surface area is 121 Å². The molecule has 3 N–H and O–H groups in total. The summed E-state index contributed by atoms with van der Waals surface area (Å²) in [5.41, 5.74) is 5.77. The number of hydrogen-bond donors (Lipinski definition) is 2. The van der Waals surface area contributed by atoms with E-state index in [9.17, 15) is 13.2 Å². The standard InChI is InChI=1S/C12H14N4O4S/c1-16-7-10(11(13)14-16)21(18,19)15-9-6-4-3-5-8(9)12(17)20-2/h3-7,15H,1-2H3,(H2,13,14). The predicted molar refractivity (Wildman–Crippen MR) is 76.2 cm³/mol. The zero-order chi connectivity index (χ0) is 15.6. The Morgan fingerprint density at radius 3 is 2.62 bits per heavy atom. The number of rotatable bonds is 4. The van der Waals surface area contributed by atoms with E-state index in [1.807, 2.05) is 0 Å². The maximum Gasteiger partial charge on any atom is 0.339 e. The molecule has 0 aliphatic rings. The molecule has 1 heterocycles. The average molecular weight is 310 g/mol. The van der Waals surface area contributed by atoms with Crippen molar-refractivity contribution in [2.45, 2.75) is 4.90 Å². The molecule has 0 aliphatic carbocycles. The van der Waals surface area contributed by atoms with E-state index in [2.05, 4.69) is 14.6 Å². The molecule has 0 spiro atoms. The predicted octanol–water partition coefficient (Wildman–Crippen LogP) is 0.590. The summed E-state index contributed by atoms with van der Waals surface area (Å²) in [5, 5.41) is 3.78. The lowest BCUT2D eigenvalue weighted by molar-refractivity contribution is 0.0602. The number of para-hydroxylation sites is 1. The molecular formula is C12H14N4O4S. The number of nitrogens with one attached hydrogen (secondary N) is 1. The second kappa shape index (κ2) is 5.44. The van der Waals surface area contributed by atoms with Crippen LogP contribution in [0.2, 0.25) is 0 Å². The lowest BCUT2D eigenvalue weighted by Gasteiger charge is -2.10. The Balaban J connectivity index is 2.42. The molecule has 0 saturated heterocycles. The van der Waals surface area contributed by atoms with Crippen molar-refractivity contribution in [3.63, 3.8) is 0 Å². The number of carbonyl (C=O) groups excluding carboxylic acids is 1. The van der Waals surface area contributed by atoms with Crippen molar-refractivity contribution in [2.75, 3.05) is 17.6 Å². The van der Waals surface area contributed by atoms with Crippen molar-refractivity contribution in [2.24, 2.45) is 7.05 Å². The Morgan fingerprint density at radius 2 is 2.05 bits per heavy atom. The Hall–Kier alpha value is -2.55. The third-order valence-electron chi connectivity index (χ3n) is 2.69. The van der Waals surface area contributed by atoms with Gasteiger partial charge in [-0.3, -0.25) is 9.40 Å². The molecule has 0 amide bonds. The number of anilines is 2. The number of sulfonamides is 1. The number of methoxy groups -OCH3 is 1. The fourth-order valence-electron chi connectivity index (χ4n) is 1.75. The molecule has 2 aromatic rings. The molecule has 2 rings (SSSR count). The lowest BCUT2D eigenvalue weighted by Crippen LogP contribution is -2.16. The molecule has 0 atom stereocenters. The van der Waals surface area contributed by atoms with Gasteiger partial charge in [0, 0.05) is 13.2 Å². The highest BCUT2D eigenvalue weighted by Crippen LogP contribution is 2.23. The fraction of sp³-hybridized carbons (Fsp3) is 0.167. The van der Waals surface area contributed by atoms with Crippen LogP contribution in [0.1, 0.15) is 10.4 Å². The number of nitrogens with zero attached hydrogens (tertiary/aromatic N) is 2.